The van der Waals surface area contributed by atoms with Crippen LogP contribution in [-0.4, -0.2) is 30.2 Å². The third-order valence-corrected chi connectivity index (χ3v) is 4.48. The van der Waals surface area contributed by atoms with E-state index in [0.29, 0.717) is 18.0 Å². The molecule has 3 unspecified atom stereocenters. The zero-order valence-corrected chi connectivity index (χ0v) is 12.3. The molecule has 1 saturated heterocycles. The van der Waals surface area contributed by atoms with E-state index in [1.54, 1.807) is 35.2 Å². The molecule has 2 rings (SSSR count). The SMILES string of the molecule is CCC1CCN(C(c2ccccc2)C(F)(F)F)C(CN)C1. The van der Waals surface area contributed by atoms with Crippen molar-refractivity contribution in [2.75, 3.05) is 13.1 Å². The van der Waals surface area contributed by atoms with Gasteiger partial charge in [-0.05, 0) is 30.9 Å². The maximum atomic E-state index is 13.6. The van der Waals surface area contributed by atoms with E-state index in [0.717, 1.165) is 19.3 Å². The molecule has 2 nitrogen and oxygen atoms in total. The van der Waals surface area contributed by atoms with Crippen LogP contribution in [-0.2, 0) is 0 Å². The molecule has 1 aliphatic rings. The summed E-state index contributed by atoms with van der Waals surface area (Å²) in [5.74, 6) is 0.486. The van der Waals surface area contributed by atoms with Gasteiger partial charge in [-0.1, -0.05) is 43.7 Å². The standard InChI is InChI=1S/C16H23F3N2/c1-2-12-8-9-21(14(10-12)11-20)15(16(17,18)19)13-6-4-3-5-7-13/h3-7,12,14-15H,2,8-11,20H2,1H3. The van der Waals surface area contributed by atoms with E-state index < -0.39 is 12.2 Å². The lowest BCUT2D eigenvalue weighted by Crippen LogP contribution is -2.51. The molecule has 3 atom stereocenters. The van der Waals surface area contributed by atoms with Crippen LogP contribution in [0.3, 0.4) is 0 Å². The molecular formula is C16H23F3N2. The van der Waals surface area contributed by atoms with Crippen LogP contribution >= 0.6 is 0 Å². The van der Waals surface area contributed by atoms with Crippen molar-refractivity contribution in [2.45, 2.75) is 44.4 Å². The van der Waals surface area contributed by atoms with Gasteiger partial charge in [-0.2, -0.15) is 13.2 Å². The van der Waals surface area contributed by atoms with E-state index in [1.165, 1.54) is 0 Å². The van der Waals surface area contributed by atoms with E-state index in [2.05, 4.69) is 6.92 Å². The Kier molecular flexibility index (Phi) is 5.27. The summed E-state index contributed by atoms with van der Waals surface area (Å²) in [6.45, 7) is 2.82. The summed E-state index contributed by atoms with van der Waals surface area (Å²) < 4.78 is 40.8. The normalized spacial score (nSPS) is 25.8. The number of likely N-dealkylation sites (tertiary alicyclic amines) is 1. The lowest BCUT2D eigenvalue weighted by atomic mass is 9.87. The molecule has 0 bridgehead atoms. The van der Waals surface area contributed by atoms with Gasteiger partial charge in [0.2, 0.25) is 0 Å². The quantitative estimate of drug-likeness (QED) is 0.918. The molecule has 0 spiro atoms. The Labute approximate surface area is 124 Å². The van der Waals surface area contributed by atoms with Crippen LogP contribution in [0.15, 0.2) is 30.3 Å². The monoisotopic (exact) mass is 300 g/mol. The number of halogens is 3. The van der Waals surface area contributed by atoms with Crippen molar-refractivity contribution in [3.8, 4) is 0 Å². The van der Waals surface area contributed by atoms with Crippen LogP contribution in [0.2, 0.25) is 0 Å². The van der Waals surface area contributed by atoms with Crippen molar-refractivity contribution < 1.29 is 13.2 Å². The Bertz CT molecular complexity index is 433. The first-order valence-corrected chi connectivity index (χ1v) is 7.54. The van der Waals surface area contributed by atoms with Gasteiger partial charge in [0.15, 0.2) is 0 Å². The van der Waals surface area contributed by atoms with Crippen molar-refractivity contribution >= 4 is 0 Å². The zero-order valence-electron chi connectivity index (χ0n) is 12.3. The number of nitrogens with two attached hydrogens (primary N) is 1. The van der Waals surface area contributed by atoms with Crippen molar-refractivity contribution in [1.29, 1.82) is 0 Å². The summed E-state index contributed by atoms with van der Waals surface area (Å²) in [4.78, 5) is 1.56. The van der Waals surface area contributed by atoms with E-state index in [-0.39, 0.29) is 12.6 Å². The zero-order chi connectivity index (χ0) is 15.5. The number of hydrogen-bond acceptors (Lipinski definition) is 2. The van der Waals surface area contributed by atoms with Crippen LogP contribution < -0.4 is 5.73 Å². The molecule has 0 amide bonds. The molecule has 118 valence electrons. The Morgan fingerprint density at radius 1 is 1.29 bits per heavy atom. The largest absolute Gasteiger partial charge is 0.408 e. The molecule has 1 aromatic carbocycles. The van der Waals surface area contributed by atoms with Crippen molar-refractivity contribution in [1.82, 2.24) is 4.90 Å². The Balaban J connectivity index is 2.29. The molecule has 1 fully saturated rings. The van der Waals surface area contributed by atoms with Gasteiger partial charge in [0.25, 0.3) is 0 Å². The van der Waals surface area contributed by atoms with E-state index >= 15 is 0 Å². The molecule has 0 radical (unpaired) electrons. The number of piperidine rings is 1. The first-order valence-electron chi connectivity index (χ1n) is 7.54. The second-order valence-electron chi connectivity index (χ2n) is 5.78. The van der Waals surface area contributed by atoms with E-state index in [4.69, 9.17) is 5.73 Å². The van der Waals surface area contributed by atoms with Gasteiger partial charge in [-0.25, -0.2) is 0 Å². The summed E-state index contributed by atoms with van der Waals surface area (Å²) in [5.41, 5.74) is 6.06. The highest BCUT2D eigenvalue weighted by atomic mass is 19.4. The van der Waals surface area contributed by atoms with Crippen molar-refractivity contribution in [3.63, 3.8) is 0 Å². The highest BCUT2D eigenvalue weighted by Crippen LogP contribution is 2.41. The molecule has 0 saturated carbocycles. The summed E-state index contributed by atoms with van der Waals surface area (Å²) in [7, 11) is 0. The lowest BCUT2D eigenvalue weighted by molar-refractivity contribution is -0.197. The predicted molar refractivity (Wildman–Crippen MR) is 77.8 cm³/mol. The minimum atomic E-state index is -4.28. The minimum Gasteiger partial charge on any atom is -0.329 e. The summed E-state index contributed by atoms with van der Waals surface area (Å²) >= 11 is 0. The van der Waals surface area contributed by atoms with Gasteiger partial charge in [0.05, 0.1) is 0 Å². The molecule has 1 heterocycles. The molecular weight excluding hydrogens is 277 g/mol. The number of rotatable bonds is 4. The highest BCUT2D eigenvalue weighted by molar-refractivity contribution is 5.21. The maximum absolute atomic E-state index is 13.6. The van der Waals surface area contributed by atoms with Gasteiger partial charge in [0.1, 0.15) is 6.04 Å². The van der Waals surface area contributed by atoms with Crippen LogP contribution in [0.1, 0.15) is 37.8 Å². The predicted octanol–water partition coefficient (Wildman–Crippen LogP) is 3.74. The third kappa shape index (κ3) is 3.77. The van der Waals surface area contributed by atoms with Crippen LogP contribution in [0.25, 0.3) is 0 Å². The fourth-order valence-corrected chi connectivity index (χ4v) is 3.30. The molecule has 5 heteroatoms. The average Bonchev–Trinajstić information content (AvgIpc) is 2.47. The number of benzene rings is 1. The van der Waals surface area contributed by atoms with E-state index in [1.807, 2.05) is 0 Å². The van der Waals surface area contributed by atoms with Gasteiger partial charge in [-0.3, -0.25) is 4.90 Å². The van der Waals surface area contributed by atoms with Gasteiger partial charge in [-0.15, -0.1) is 0 Å². The first kappa shape index (κ1) is 16.3. The minimum absolute atomic E-state index is 0.199. The Morgan fingerprint density at radius 3 is 2.48 bits per heavy atom. The summed E-state index contributed by atoms with van der Waals surface area (Å²) in [6, 6.07) is 6.41. The molecule has 0 aliphatic carbocycles. The average molecular weight is 300 g/mol. The Morgan fingerprint density at radius 2 is 1.95 bits per heavy atom. The highest BCUT2D eigenvalue weighted by Gasteiger charge is 2.47. The molecule has 0 aromatic heterocycles. The molecule has 2 N–H and O–H groups in total. The summed E-state index contributed by atoms with van der Waals surface area (Å²) in [5, 5.41) is 0. The van der Waals surface area contributed by atoms with Crippen molar-refractivity contribution in [3.05, 3.63) is 35.9 Å². The maximum Gasteiger partial charge on any atom is 0.408 e. The fourth-order valence-electron chi connectivity index (χ4n) is 3.30. The van der Waals surface area contributed by atoms with Crippen LogP contribution in [0, 0.1) is 5.92 Å². The molecule has 1 aromatic rings. The third-order valence-electron chi connectivity index (χ3n) is 4.48. The fraction of sp³-hybridized carbons (Fsp3) is 0.625. The van der Waals surface area contributed by atoms with Crippen LogP contribution in [0.5, 0.6) is 0 Å². The molecule has 21 heavy (non-hydrogen) atoms. The second-order valence-corrected chi connectivity index (χ2v) is 5.78. The van der Waals surface area contributed by atoms with Gasteiger partial charge in [0, 0.05) is 12.6 Å². The lowest BCUT2D eigenvalue weighted by Gasteiger charge is -2.44. The second kappa shape index (κ2) is 6.79. The first-order chi connectivity index (χ1) is 9.97. The smallest absolute Gasteiger partial charge is 0.329 e. The number of hydrogen-bond donors (Lipinski definition) is 1. The number of nitrogens with zero attached hydrogens (tertiary/aromatic N) is 1. The molecule has 1 aliphatic heterocycles. The topological polar surface area (TPSA) is 29.3 Å². The Hall–Kier alpha value is -1.07. The van der Waals surface area contributed by atoms with Crippen LogP contribution in [0.4, 0.5) is 13.2 Å². The summed E-state index contributed by atoms with van der Waals surface area (Å²) in [6.07, 6.45) is -1.71. The number of alkyl halides is 3. The van der Waals surface area contributed by atoms with E-state index in [9.17, 15) is 13.2 Å². The van der Waals surface area contributed by atoms with Gasteiger partial charge >= 0.3 is 6.18 Å². The van der Waals surface area contributed by atoms with Gasteiger partial charge < -0.3 is 5.73 Å². The van der Waals surface area contributed by atoms with Crippen molar-refractivity contribution in [2.24, 2.45) is 11.7 Å².